The van der Waals surface area contributed by atoms with Gasteiger partial charge in [0, 0.05) is 23.7 Å². The summed E-state index contributed by atoms with van der Waals surface area (Å²) in [6.07, 6.45) is 3.99. The first-order chi connectivity index (χ1) is 7.55. The first-order valence-electron chi connectivity index (χ1n) is 5.21. The van der Waals surface area contributed by atoms with Crippen LogP contribution in [0, 0.1) is 6.92 Å². The highest BCUT2D eigenvalue weighted by molar-refractivity contribution is 7.92. The summed E-state index contributed by atoms with van der Waals surface area (Å²) in [6, 6.07) is 0.539. The highest BCUT2D eigenvalue weighted by Gasteiger charge is 2.21. The minimum atomic E-state index is -3.25. The van der Waals surface area contributed by atoms with Crippen LogP contribution in [0.4, 0.5) is 5.13 Å². The van der Waals surface area contributed by atoms with Gasteiger partial charge in [0.1, 0.15) is 0 Å². The van der Waals surface area contributed by atoms with E-state index in [1.165, 1.54) is 24.2 Å². The zero-order valence-electron chi connectivity index (χ0n) is 9.06. The van der Waals surface area contributed by atoms with Crippen LogP contribution in [-0.2, 0) is 10.0 Å². The summed E-state index contributed by atoms with van der Waals surface area (Å²) in [5, 5.41) is 3.62. The molecule has 1 heterocycles. The highest BCUT2D eigenvalue weighted by Crippen LogP contribution is 2.19. The Morgan fingerprint density at radius 3 is 2.88 bits per heavy atom. The van der Waals surface area contributed by atoms with Gasteiger partial charge in [-0.3, -0.25) is 4.72 Å². The van der Waals surface area contributed by atoms with E-state index in [2.05, 4.69) is 15.0 Å². The second-order valence-electron chi connectivity index (χ2n) is 3.93. The second kappa shape index (κ2) is 4.68. The van der Waals surface area contributed by atoms with Gasteiger partial charge in [0.2, 0.25) is 10.0 Å². The predicted molar refractivity (Wildman–Crippen MR) is 65.3 cm³/mol. The fourth-order valence-corrected chi connectivity index (χ4v) is 3.14. The molecule has 1 saturated carbocycles. The maximum atomic E-state index is 11.6. The number of thiazole rings is 1. The molecule has 90 valence electrons. The zero-order valence-corrected chi connectivity index (χ0v) is 10.7. The van der Waals surface area contributed by atoms with E-state index in [9.17, 15) is 8.42 Å². The van der Waals surface area contributed by atoms with Gasteiger partial charge < -0.3 is 5.32 Å². The molecule has 1 aliphatic rings. The molecule has 7 heteroatoms. The zero-order chi connectivity index (χ0) is 11.6. The molecule has 5 nitrogen and oxygen atoms in total. The lowest BCUT2D eigenvalue weighted by molar-refractivity contribution is 0.595. The van der Waals surface area contributed by atoms with Gasteiger partial charge in [0.15, 0.2) is 5.13 Å². The number of aromatic nitrogens is 1. The van der Waals surface area contributed by atoms with Crippen molar-refractivity contribution in [2.45, 2.75) is 25.8 Å². The minimum Gasteiger partial charge on any atom is -0.313 e. The molecule has 0 spiro atoms. The molecule has 0 amide bonds. The average molecular weight is 261 g/mol. The summed E-state index contributed by atoms with van der Waals surface area (Å²) in [4.78, 5) is 4.96. The van der Waals surface area contributed by atoms with Gasteiger partial charge in [-0.15, -0.1) is 11.3 Å². The van der Waals surface area contributed by atoms with E-state index in [0.29, 0.717) is 17.7 Å². The van der Waals surface area contributed by atoms with Crippen molar-refractivity contribution >= 4 is 26.5 Å². The predicted octanol–water partition coefficient (Wildman–Crippen LogP) is 0.945. The number of sulfonamides is 1. The highest BCUT2D eigenvalue weighted by atomic mass is 32.2. The van der Waals surface area contributed by atoms with Gasteiger partial charge >= 0.3 is 0 Å². The molecule has 1 fully saturated rings. The topological polar surface area (TPSA) is 71.1 Å². The number of nitrogens with one attached hydrogen (secondary N) is 2. The third-order valence-corrected chi connectivity index (χ3v) is 4.45. The molecule has 0 aliphatic heterocycles. The Morgan fingerprint density at radius 1 is 1.56 bits per heavy atom. The van der Waals surface area contributed by atoms with Crippen molar-refractivity contribution in [3.63, 3.8) is 0 Å². The van der Waals surface area contributed by atoms with Crippen molar-refractivity contribution in [2.75, 3.05) is 17.0 Å². The van der Waals surface area contributed by atoms with E-state index in [0.717, 1.165) is 4.88 Å². The van der Waals surface area contributed by atoms with E-state index in [1.807, 2.05) is 6.92 Å². The van der Waals surface area contributed by atoms with E-state index in [-0.39, 0.29) is 5.75 Å². The monoisotopic (exact) mass is 261 g/mol. The Labute approximate surface area is 99.3 Å². The van der Waals surface area contributed by atoms with E-state index < -0.39 is 10.0 Å². The Morgan fingerprint density at radius 2 is 2.31 bits per heavy atom. The number of nitrogens with zero attached hydrogens (tertiary/aromatic N) is 1. The second-order valence-corrected chi connectivity index (χ2v) is 7.00. The molecule has 0 saturated heterocycles. The first kappa shape index (κ1) is 11.8. The van der Waals surface area contributed by atoms with Crippen molar-refractivity contribution in [2.24, 2.45) is 0 Å². The lowest BCUT2D eigenvalue weighted by Crippen LogP contribution is -2.27. The van der Waals surface area contributed by atoms with Gasteiger partial charge in [-0.05, 0) is 19.8 Å². The van der Waals surface area contributed by atoms with E-state index >= 15 is 0 Å². The first-order valence-corrected chi connectivity index (χ1v) is 7.68. The van der Waals surface area contributed by atoms with Gasteiger partial charge in [-0.1, -0.05) is 0 Å². The van der Waals surface area contributed by atoms with Gasteiger partial charge in [0.05, 0.1) is 5.75 Å². The molecular weight excluding hydrogens is 246 g/mol. The van der Waals surface area contributed by atoms with Crippen LogP contribution in [0.5, 0.6) is 0 Å². The lowest BCUT2D eigenvalue weighted by Gasteiger charge is -2.05. The van der Waals surface area contributed by atoms with Crippen LogP contribution in [0.15, 0.2) is 6.20 Å². The van der Waals surface area contributed by atoms with Crippen LogP contribution in [0.1, 0.15) is 17.7 Å². The number of anilines is 1. The van der Waals surface area contributed by atoms with Crippen molar-refractivity contribution in [3.05, 3.63) is 11.1 Å². The summed E-state index contributed by atoms with van der Waals surface area (Å²) in [6.45, 7) is 2.40. The van der Waals surface area contributed by atoms with Crippen molar-refractivity contribution < 1.29 is 8.42 Å². The fraction of sp³-hybridized carbons (Fsp3) is 0.667. The van der Waals surface area contributed by atoms with Crippen molar-refractivity contribution in [1.29, 1.82) is 0 Å². The van der Waals surface area contributed by atoms with Crippen LogP contribution >= 0.6 is 11.3 Å². The van der Waals surface area contributed by atoms with Crippen LogP contribution in [0.2, 0.25) is 0 Å². The molecule has 1 aliphatic carbocycles. The maximum absolute atomic E-state index is 11.6. The SMILES string of the molecule is Cc1cnc(NS(=O)(=O)CCNC2CC2)s1. The largest absolute Gasteiger partial charge is 0.313 e. The van der Waals surface area contributed by atoms with Gasteiger partial charge in [0.25, 0.3) is 0 Å². The third-order valence-electron chi connectivity index (χ3n) is 2.25. The van der Waals surface area contributed by atoms with Gasteiger partial charge in [-0.2, -0.15) is 0 Å². The summed E-state index contributed by atoms with van der Waals surface area (Å²) >= 11 is 1.34. The molecule has 0 radical (unpaired) electrons. The Hall–Kier alpha value is -0.660. The summed E-state index contributed by atoms with van der Waals surface area (Å²) in [5.41, 5.74) is 0. The molecule has 2 N–H and O–H groups in total. The van der Waals surface area contributed by atoms with Crippen LogP contribution < -0.4 is 10.0 Å². The summed E-state index contributed by atoms with van der Waals surface area (Å²) in [7, 11) is -3.25. The van der Waals surface area contributed by atoms with E-state index in [4.69, 9.17) is 0 Å². The minimum absolute atomic E-state index is 0.0993. The Balaban J connectivity index is 1.81. The third kappa shape index (κ3) is 3.73. The summed E-state index contributed by atoms with van der Waals surface area (Å²) in [5.74, 6) is 0.0993. The standard InChI is InChI=1S/C9H15N3O2S2/c1-7-6-11-9(15-7)12-16(13,14)5-4-10-8-2-3-8/h6,8,10H,2-5H2,1H3,(H,11,12). The lowest BCUT2D eigenvalue weighted by atomic mass is 10.6. The Kier molecular flexibility index (Phi) is 3.46. The molecule has 16 heavy (non-hydrogen) atoms. The number of hydrogen-bond acceptors (Lipinski definition) is 5. The molecule has 0 atom stereocenters. The quantitative estimate of drug-likeness (QED) is 0.799. The number of aryl methyl sites for hydroxylation is 1. The van der Waals surface area contributed by atoms with Crippen molar-refractivity contribution in [1.82, 2.24) is 10.3 Å². The van der Waals surface area contributed by atoms with Crippen molar-refractivity contribution in [3.8, 4) is 0 Å². The van der Waals surface area contributed by atoms with Crippen LogP contribution in [0.3, 0.4) is 0 Å². The number of rotatable bonds is 6. The summed E-state index contributed by atoms with van der Waals surface area (Å²) < 4.78 is 25.7. The molecular formula is C9H15N3O2S2. The molecule has 0 bridgehead atoms. The normalized spacial score (nSPS) is 16.3. The van der Waals surface area contributed by atoms with E-state index in [1.54, 1.807) is 6.20 Å². The molecule has 1 aromatic heterocycles. The van der Waals surface area contributed by atoms with Gasteiger partial charge in [-0.25, -0.2) is 13.4 Å². The fourth-order valence-electron chi connectivity index (χ4n) is 1.27. The molecule has 2 rings (SSSR count). The van der Waals surface area contributed by atoms with Crippen LogP contribution in [0.25, 0.3) is 0 Å². The Bertz CT molecular complexity index is 451. The smallest absolute Gasteiger partial charge is 0.235 e. The average Bonchev–Trinajstić information content (AvgIpc) is 2.90. The van der Waals surface area contributed by atoms with Crippen LogP contribution in [-0.4, -0.2) is 31.7 Å². The molecule has 0 unspecified atom stereocenters. The maximum Gasteiger partial charge on any atom is 0.235 e. The number of hydrogen-bond donors (Lipinski definition) is 2. The molecule has 0 aromatic carbocycles. The molecule has 1 aromatic rings.